The van der Waals surface area contributed by atoms with E-state index >= 15 is 0 Å². The molecule has 2 aliphatic heterocycles. The van der Waals surface area contributed by atoms with Gasteiger partial charge in [-0.2, -0.15) is 0 Å². The van der Waals surface area contributed by atoms with Crippen molar-refractivity contribution in [2.24, 2.45) is 0 Å². The number of nitrogens with one attached hydrogen (secondary N) is 1. The van der Waals surface area contributed by atoms with Gasteiger partial charge in [-0.15, -0.1) is 24.8 Å². The molecule has 1 atom stereocenters. The molecule has 1 N–H and O–H groups in total. The van der Waals surface area contributed by atoms with Crippen LogP contribution in [-0.4, -0.2) is 45.9 Å². The van der Waals surface area contributed by atoms with Gasteiger partial charge in [0.2, 0.25) is 0 Å². The molecule has 164 valence electrons. The summed E-state index contributed by atoms with van der Waals surface area (Å²) in [5.41, 5.74) is 3.28. The Labute approximate surface area is 199 Å². The van der Waals surface area contributed by atoms with E-state index in [1.54, 1.807) is 0 Å². The monoisotopic (exact) mass is 476 g/mol. The summed E-state index contributed by atoms with van der Waals surface area (Å²) in [4.78, 5) is 20.5. The molecular formula is C23H26Cl2N4OS. The summed E-state index contributed by atoms with van der Waals surface area (Å²) < 4.78 is 2.09. The van der Waals surface area contributed by atoms with E-state index in [0.29, 0.717) is 0 Å². The van der Waals surface area contributed by atoms with Crippen molar-refractivity contribution in [1.29, 1.82) is 0 Å². The van der Waals surface area contributed by atoms with Gasteiger partial charge < -0.3 is 10.2 Å². The van der Waals surface area contributed by atoms with Crippen LogP contribution in [-0.2, 0) is 11.2 Å². The summed E-state index contributed by atoms with van der Waals surface area (Å²) in [6, 6.07) is 16.9. The first-order chi connectivity index (χ1) is 14.3. The van der Waals surface area contributed by atoms with Crippen molar-refractivity contribution >= 4 is 54.2 Å². The minimum absolute atomic E-state index is 0. The molecule has 4 heterocycles. The second kappa shape index (κ2) is 10.6. The quantitative estimate of drug-likeness (QED) is 0.570. The van der Waals surface area contributed by atoms with E-state index in [1.807, 2.05) is 30.5 Å². The van der Waals surface area contributed by atoms with E-state index in [4.69, 9.17) is 0 Å². The Morgan fingerprint density at radius 1 is 1.13 bits per heavy atom. The number of nitrogens with zero attached hydrogens (tertiary/aromatic N) is 3. The van der Waals surface area contributed by atoms with Crippen molar-refractivity contribution in [3.8, 4) is 0 Å². The van der Waals surface area contributed by atoms with Gasteiger partial charge in [-0.1, -0.05) is 48.2 Å². The maximum Gasteiger partial charge on any atom is 0.258 e. The molecule has 2 aliphatic rings. The summed E-state index contributed by atoms with van der Waals surface area (Å²) in [7, 11) is 0. The van der Waals surface area contributed by atoms with Crippen molar-refractivity contribution < 1.29 is 4.79 Å². The number of likely N-dealkylation sites (tertiary alicyclic amines) is 1. The molecule has 8 heteroatoms. The molecule has 1 amide bonds. The van der Waals surface area contributed by atoms with Crippen LogP contribution in [0.25, 0.3) is 11.7 Å². The van der Waals surface area contributed by atoms with Crippen LogP contribution < -0.4 is 5.32 Å². The van der Waals surface area contributed by atoms with E-state index in [0.717, 1.165) is 60.2 Å². The summed E-state index contributed by atoms with van der Waals surface area (Å²) in [5.74, 6) is 0.0237. The highest BCUT2D eigenvalue weighted by atomic mass is 35.5. The Morgan fingerprint density at radius 2 is 1.97 bits per heavy atom. The van der Waals surface area contributed by atoms with E-state index in [1.165, 1.54) is 17.3 Å². The Bertz CT molecular complexity index is 1070. The molecular weight excluding hydrogens is 451 g/mol. The smallest absolute Gasteiger partial charge is 0.258 e. The number of amides is 1. The first-order valence-corrected chi connectivity index (χ1v) is 11.0. The number of aromatic nitrogens is 2. The van der Waals surface area contributed by atoms with Crippen LogP contribution in [0.15, 0.2) is 64.7 Å². The van der Waals surface area contributed by atoms with E-state index in [9.17, 15) is 4.79 Å². The van der Waals surface area contributed by atoms with Crippen LogP contribution in [0.1, 0.15) is 24.1 Å². The summed E-state index contributed by atoms with van der Waals surface area (Å²) in [5, 5.41) is 4.28. The predicted molar refractivity (Wildman–Crippen MR) is 131 cm³/mol. The molecule has 5 nitrogen and oxygen atoms in total. The average Bonchev–Trinajstić information content (AvgIpc) is 3.37. The molecule has 5 rings (SSSR count). The summed E-state index contributed by atoms with van der Waals surface area (Å²) in [6.07, 6.45) is 7.05. The number of imidazole rings is 1. The number of carbonyl (C=O) groups is 1. The lowest BCUT2D eigenvalue weighted by Gasteiger charge is -2.19. The van der Waals surface area contributed by atoms with Gasteiger partial charge in [-0.25, -0.2) is 4.98 Å². The molecule has 1 saturated heterocycles. The minimum Gasteiger partial charge on any atom is -0.348 e. The average molecular weight is 477 g/mol. The van der Waals surface area contributed by atoms with Crippen LogP contribution in [0.2, 0.25) is 0 Å². The van der Waals surface area contributed by atoms with E-state index < -0.39 is 0 Å². The third-order valence-corrected chi connectivity index (χ3v) is 6.68. The fourth-order valence-electron chi connectivity index (χ4n) is 4.16. The highest BCUT2D eigenvalue weighted by Gasteiger charge is 2.26. The Morgan fingerprint density at radius 3 is 2.81 bits per heavy atom. The zero-order chi connectivity index (χ0) is 19.6. The molecule has 31 heavy (non-hydrogen) atoms. The fourth-order valence-corrected chi connectivity index (χ4v) is 5.15. The molecule has 0 saturated carbocycles. The lowest BCUT2D eigenvalue weighted by atomic mass is 10.1. The van der Waals surface area contributed by atoms with Crippen molar-refractivity contribution in [1.82, 2.24) is 19.6 Å². The van der Waals surface area contributed by atoms with Crippen LogP contribution in [0.3, 0.4) is 0 Å². The van der Waals surface area contributed by atoms with Gasteiger partial charge in [-0.05, 0) is 49.6 Å². The number of hydrogen-bond acceptors (Lipinski definition) is 4. The number of halogens is 2. The third-order valence-electron chi connectivity index (χ3n) is 5.63. The van der Waals surface area contributed by atoms with Crippen molar-refractivity contribution in [2.75, 3.05) is 19.6 Å². The molecule has 1 unspecified atom stereocenters. The summed E-state index contributed by atoms with van der Waals surface area (Å²) >= 11 is 1.52. The van der Waals surface area contributed by atoms with Gasteiger partial charge in [0.25, 0.3) is 5.91 Å². The van der Waals surface area contributed by atoms with Crippen LogP contribution >= 0.6 is 36.6 Å². The first kappa shape index (κ1) is 23.7. The lowest BCUT2D eigenvalue weighted by Crippen LogP contribution is -2.37. The molecule has 2 aromatic heterocycles. The SMILES string of the molecule is Cl.Cl.O=C(NC1CCN(CCCc2ccccc2)C1)C1=Cc2cnc3cccc(n23)S1. The van der Waals surface area contributed by atoms with Gasteiger partial charge in [0.1, 0.15) is 5.65 Å². The first-order valence-electron chi connectivity index (χ1n) is 10.2. The van der Waals surface area contributed by atoms with Crippen LogP contribution in [0.5, 0.6) is 0 Å². The molecule has 0 spiro atoms. The number of carbonyl (C=O) groups excluding carboxylic acids is 1. The third kappa shape index (κ3) is 5.26. The number of rotatable bonds is 6. The Kier molecular flexibility index (Phi) is 8.06. The number of thioether (sulfide) groups is 1. The maximum atomic E-state index is 12.9. The van der Waals surface area contributed by atoms with Gasteiger partial charge >= 0.3 is 0 Å². The molecule has 0 radical (unpaired) electrons. The van der Waals surface area contributed by atoms with Gasteiger partial charge in [0.15, 0.2) is 0 Å². The second-order valence-electron chi connectivity index (χ2n) is 7.70. The van der Waals surface area contributed by atoms with Crippen LogP contribution in [0, 0.1) is 0 Å². The standard InChI is InChI=1S/C23H24N4OS.2ClH/c28-23(20-14-19-15-24-21-9-4-10-22(29-20)27(19)21)25-18-11-13-26(16-18)12-5-8-17-6-2-1-3-7-17;;/h1-4,6-7,9-10,14-15,18H,5,8,11-13,16H2,(H,25,28);2*1H. The fraction of sp³-hybridized carbons (Fsp3) is 0.304. The lowest BCUT2D eigenvalue weighted by molar-refractivity contribution is -0.117. The summed E-state index contributed by atoms with van der Waals surface area (Å²) in [6.45, 7) is 3.07. The predicted octanol–water partition coefficient (Wildman–Crippen LogP) is 4.45. The highest BCUT2D eigenvalue weighted by molar-refractivity contribution is 8.04. The molecule has 3 aromatic rings. The van der Waals surface area contributed by atoms with Crippen molar-refractivity contribution in [3.05, 3.63) is 70.9 Å². The number of benzene rings is 1. The zero-order valence-electron chi connectivity index (χ0n) is 17.1. The highest BCUT2D eigenvalue weighted by Crippen LogP contribution is 2.34. The normalized spacial score (nSPS) is 17.5. The van der Waals surface area contributed by atoms with Gasteiger partial charge in [0, 0.05) is 19.1 Å². The largest absolute Gasteiger partial charge is 0.348 e. The van der Waals surface area contributed by atoms with E-state index in [-0.39, 0.29) is 36.8 Å². The number of aryl methyl sites for hydroxylation is 1. The van der Waals surface area contributed by atoms with Crippen molar-refractivity contribution in [2.45, 2.75) is 30.3 Å². The van der Waals surface area contributed by atoms with Gasteiger partial charge in [0.05, 0.1) is 21.8 Å². The zero-order valence-corrected chi connectivity index (χ0v) is 19.5. The van der Waals surface area contributed by atoms with Gasteiger partial charge in [-0.3, -0.25) is 9.20 Å². The molecule has 1 aromatic carbocycles. The molecule has 0 bridgehead atoms. The molecule has 0 aliphatic carbocycles. The number of hydrogen-bond donors (Lipinski definition) is 1. The number of pyridine rings is 1. The van der Waals surface area contributed by atoms with Crippen LogP contribution in [0.4, 0.5) is 0 Å². The molecule has 1 fully saturated rings. The van der Waals surface area contributed by atoms with Crippen molar-refractivity contribution in [3.63, 3.8) is 0 Å². The second-order valence-corrected chi connectivity index (χ2v) is 8.76. The van der Waals surface area contributed by atoms with E-state index in [2.05, 4.69) is 49.9 Å². The maximum absolute atomic E-state index is 12.9. The Balaban J connectivity index is 0.00000136. The topological polar surface area (TPSA) is 49.6 Å². The minimum atomic E-state index is 0. The Hall–Kier alpha value is -1.99.